The lowest BCUT2D eigenvalue weighted by Crippen LogP contribution is -2.09. The molecule has 10 heavy (non-hydrogen) atoms. The standard InChI is InChI=1S/C8H14O2/c1-6-3-2-4-7(6)5-8(9)10/h6-7H,2-5H2,1H3,(H,9,10)/t6-,7-/m1/s1. The summed E-state index contributed by atoms with van der Waals surface area (Å²) in [6, 6.07) is 0. The zero-order valence-corrected chi connectivity index (χ0v) is 6.34. The highest BCUT2D eigenvalue weighted by Gasteiger charge is 2.24. The lowest BCUT2D eigenvalue weighted by Gasteiger charge is -2.10. The maximum atomic E-state index is 10.3. The van der Waals surface area contributed by atoms with Crippen molar-refractivity contribution >= 4 is 5.97 Å². The number of aliphatic carboxylic acids is 1. The molecule has 0 heterocycles. The number of carboxylic acids is 1. The Labute approximate surface area is 61.2 Å². The molecular formula is C8H14O2. The van der Waals surface area contributed by atoms with Crippen LogP contribution in [0.2, 0.25) is 0 Å². The van der Waals surface area contributed by atoms with Crippen LogP contribution < -0.4 is 0 Å². The Kier molecular flexibility index (Phi) is 2.30. The number of rotatable bonds is 2. The Morgan fingerprint density at radius 1 is 1.60 bits per heavy atom. The molecule has 1 saturated carbocycles. The second-order valence-electron chi connectivity index (χ2n) is 3.27. The van der Waals surface area contributed by atoms with Crippen LogP contribution in [0, 0.1) is 11.8 Å². The van der Waals surface area contributed by atoms with Gasteiger partial charge in [0.25, 0.3) is 0 Å². The van der Waals surface area contributed by atoms with Crippen molar-refractivity contribution in [3.8, 4) is 0 Å². The molecule has 0 spiro atoms. The van der Waals surface area contributed by atoms with Gasteiger partial charge in [-0.05, 0) is 18.3 Å². The van der Waals surface area contributed by atoms with Gasteiger partial charge in [-0.25, -0.2) is 0 Å². The third-order valence-corrected chi connectivity index (χ3v) is 2.48. The number of hydrogen-bond acceptors (Lipinski definition) is 1. The second-order valence-corrected chi connectivity index (χ2v) is 3.27. The molecule has 2 nitrogen and oxygen atoms in total. The summed E-state index contributed by atoms with van der Waals surface area (Å²) in [6.45, 7) is 2.15. The Balaban J connectivity index is 2.33. The third-order valence-electron chi connectivity index (χ3n) is 2.48. The van der Waals surface area contributed by atoms with E-state index in [1.54, 1.807) is 0 Å². The first kappa shape index (κ1) is 7.58. The van der Waals surface area contributed by atoms with Crippen LogP contribution in [-0.2, 0) is 4.79 Å². The van der Waals surface area contributed by atoms with Crippen LogP contribution >= 0.6 is 0 Å². The summed E-state index contributed by atoms with van der Waals surface area (Å²) in [6.07, 6.45) is 3.94. The number of carboxylic acid groups (broad SMARTS) is 1. The second kappa shape index (κ2) is 3.04. The molecule has 1 aliphatic rings. The molecule has 58 valence electrons. The van der Waals surface area contributed by atoms with Crippen molar-refractivity contribution in [3.63, 3.8) is 0 Å². The Morgan fingerprint density at radius 3 is 2.70 bits per heavy atom. The molecule has 2 atom stereocenters. The van der Waals surface area contributed by atoms with E-state index < -0.39 is 5.97 Å². The maximum absolute atomic E-state index is 10.3. The van der Waals surface area contributed by atoms with Crippen molar-refractivity contribution in [1.82, 2.24) is 0 Å². The summed E-state index contributed by atoms with van der Waals surface area (Å²) in [7, 11) is 0. The predicted octanol–water partition coefficient (Wildman–Crippen LogP) is 1.90. The monoisotopic (exact) mass is 142 g/mol. The average molecular weight is 142 g/mol. The summed E-state index contributed by atoms with van der Waals surface area (Å²) >= 11 is 0. The zero-order valence-electron chi connectivity index (χ0n) is 6.34. The third kappa shape index (κ3) is 1.72. The molecule has 0 radical (unpaired) electrons. The highest BCUT2D eigenvalue weighted by Crippen LogP contribution is 2.33. The SMILES string of the molecule is C[C@@H]1CCC[C@@H]1CC(=O)O. The minimum absolute atomic E-state index is 0.376. The van der Waals surface area contributed by atoms with Crippen LogP contribution in [0.5, 0.6) is 0 Å². The van der Waals surface area contributed by atoms with Crippen LogP contribution in [0.15, 0.2) is 0 Å². The van der Waals surface area contributed by atoms with Crippen LogP contribution in [-0.4, -0.2) is 11.1 Å². The fourth-order valence-corrected chi connectivity index (χ4v) is 1.75. The van der Waals surface area contributed by atoms with E-state index in [1.165, 1.54) is 12.8 Å². The van der Waals surface area contributed by atoms with Gasteiger partial charge in [-0.2, -0.15) is 0 Å². The smallest absolute Gasteiger partial charge is 0.303 e. The first-order chi connectivity index (χ1) is 4.70. The lowest BCUT2D eigenvalue weighted by molar-refractivity contribution is -0.138. The molecule has 1 N–H and O–H groups in total. The maximum Gasteiger partial charge on any atom is 0.303 e. The molecule has 0 aromatic rings. The van der Waals surface area contributed by atoms with E-state index in [0.29, 0.717) is 18.3 Å². The first-order valence-corrected chi connectivity index (χ1v) is 3.92. The van der Waals surface area contributed by atoms with Crippen molar-refractivity contribution < 1.29 is 9.90 Å². The van der Waals surface area contributed by atoms with Gasteiger partial charge in [0.15, 0.2) is 0 Å². The summed E-state index contributed by atoms with van der Waals surface area (Å²) in [4.78, 5) is 10.3. The molecule has 0 saturated heterocycles. The molecule has 0 amide bonds. The van der Waals surface area contributed by atoms with Crippen molar-refractivity contribution in [2.75, 3.05) is 0 Å². The fourth-order valence-electron chi connectivity index (χ4n) is 1.75. The molecule has 2 heteroatoms. The Hall–Kier alpha value is -0.530. The van der Waals surface area contributed by atoms with Crippen LogP contribution in [0.3, 0.4) is 0 Å². The highest BCUT2D eigenvalue weighted by molar-refractivity contribution is 5.67. The van der Waals surface area contributed by atoms with E-state index in [4.69, 9.17) is 5.11 Å². The van der Waals surface area contributed by atoms with Gasteiger partial charge in [0.2, 0.25) is 0 Å². The minimum Gasteiger partial charge on any atom is -0.481 e. The number of carbonyl (C=O) groups is 1. The average Bonchev–Trinajstić information content (AvgIpc) is 2.15. The van der Waals surface area contributed by atoms with E-state index in [1.807, 2.05) is 0 Å². The molecule has 1 aliphatic carbocycles. The van der Waals surface area contributed by atoms with Crippen LogP contribution in [0.4, 0.5) is 0 Å². The fraction of sp³-hybridized carbons (Fsp3) is 0.875. The largest absolute Gasteiger partial charge is 0.481 e. The van der Waals surface area contributed by atoms with Gasteiger partial charge >= 0.3 is 5.97 Å². The van der Waals surface area contributed by atoms with E-state index in [0.717, 1.165) is 6.42 Å². The van der Waals surface area contributed by atoms with Gasteiger partial charge in [-0.15, -0.1) is 0 Å². The van der Waals surface area contributed by atoms with Crippen molar-refractivity contribution in [2.45, 2.75) is 32.6 Å². The normalized spacial score (nSPS) is 32.5. The van der Waals surface area contributed by atoms with Gasteiger partial charge < -0.3 is 5.11 Å². The summed E-state index contributed by atoms with van der Waals surface area (Å²) < 4.78 is 0. The molecule has 1 fully saturated rings. The van der Waals surface area contributed by atoms with Gasteiger partial charge in [0, 0.05) is 6.42 Å². The molecule has 0 unspecified atom stereocenters. The van der Waals surface area contributed by atoms with E-state index in [9.17, 15) is 4.79 Å². The minimum atomic E-state index is -0.640. The van der Waals surface area contributed by atoms with Crippen LogP contribution in [0.25, 0.3) is 0 Å². The Bertz CT molecular complexity index is 131. The van der Waals surface area contributed by atoms with Gasteiger partial charge in [0.05, 0.1) is 0 Å². The van der Waals surface area contributed by atoms with E-state index in [2.05, 4.69) is 6.92 Å². The first-order valence-electron chi connectivity index (χ1n) is 3.92. The summed E-state index contributed by atoms with van der Waals surface area (Å²) in [5.41, 5.74) is 0. The lowest BCUT2D eigenvalue weighted by atomic mass is 9.95. The molecule has 0 aliphatic heterocycles. The van der Waals surface area contributed by atoms with Crippen molar-refractivity contribution in [2.24, 2.45) is 11.8 Å². The molecular weight excluding hydrogens is 128 g/mol. The summed E-state index contributed by atoms with van der Waals surface area (Å²) in [5.74, 6) is 0.451. The van der Waals surface area contributed by atoms with E-state index >= 15 is 0 Å². The number of hydrogen-bond donors (Lipinski definition) is 1. The van der Waals surface area contributed by atoms with Crippen molar-refractivity contribution in [3.05, 3.63) is 0 Å². The quantitative estimate of drug-likeness (QED) is 0.639. The zero-order chi connectivity index (χ0) is 7.56. The topological polar surface area (TPSA) is 37.3 Å². The van der Waals surface area contributed by atoms with E-state index in [-0.39, 0.29) is 0 Å². The van der Waals surface area contributed by atoms with Gasteiger partial charge in [0.1, 0.15) is 0 Å². The van der Waals surface area contributed by atoms with Gasteiger partial charge in [-0.1, -0.05) is 19.8 Å². The molecule has 0 aromatic carbocycles. The van der Waals surface area contributed by atoms with Crippen molar-refractivity contribution in [1.29, 1.82) is 0 Å². The predicted molar refractivity (Wildman–Crippen MR) is 38.8 cm³/mol. The molecule has 1 rings (SSSR count). The van der Waals surface area contributed by atoms with Gasteiger partial charge in [-0.3, -0.25) is 4.79 Å². The Morgan fingerprint density at radius 2 is 2.30 bits per heavy atom. The highest BCUT2D eigenvalue weighted by atomic mass is 16.4. The summed E-state index contributed by atoms with van der Waals surface area (Å²) in [5, 5.41) is 8.49. The van der Waals surface area contributed by atoms with Crippen LogP contribution in [0.1, 0.15) is 32.6 Å². The molecule has 0 aromatic heterocycles. The molecule has 0 bridgehead atoms.